The van der Waals surface area contributed by atoms with Gasteiger partial charge in [-0.2, -0.15) is 0 Å². The van der Waals surface area contributed by atoms with Crippen LogP contribution in [0, 0.1) is 0 Å². The lowest BCUT2D eigenvalue weighted by Gasteiger charge is -2.33. The molecule has 0 aliphatic carbocycles. The molecule has 3 rings (SSSR count). The van der Waals surface area contributed by atoms with E-state index in [4.69, 9.17) is 5.73 Å². The molecule has 2 amide bonds. The maximum absolute atomic E-state index is 12.8. The van der Waals surface area contributed by atoms with E-state index in [9.17, 15) is 9.59 Å². The van der Waals surface area contributed by atoms with E-state index in [0.29, 0.717) is 12.2 Å². The van der Waals surface area contributed by atoms with Gasteiger partial charge in [0.25, 0.3) is 0 Å². The summed E-state index contributed by atoms with van der Waals surface area (Å²) >= 11 is 0. The van der Waals surface area contributed by atoms with Crippen molar-refractivity contribution < 1.29 is 9.59 Å². The first-order valence-electron chi connectivity index (χ1n) is 9.70. The molecule has 1 heterocycles. The van der Waals surface area contributed by atoms with Crippen molar-refractivity contribution in [2.75, 3.05) is 23.3 Å². The molecule has 0 aromatic heterocycles. The van der Waals surface area contributed by atoms with Gasteiger partial charge in [0.15, 0.2) is 0 Å². The predicted octanol–water partition coefficient (Wildman–Crippen LogP) is 3.49. The second-order valence-corrected chi connectivity index (χ2v) is 7.53. The summed E-state index contributed by atoms with van der Waals surface area (Å²) < 4.78 is 0. The summed E-state index contributed by atoms with van der Waals surface area (Å²) in [6.45, 7) is 3.46. The lowest BCUT2D eigenvalue weighted by molar-refractivity contribution is -0.122. The van der Waals surface area contributed by atoms with Crippen molar-refractivity contribution in [3.05, 3.63) is 60.2 Å². The Kier molecular flexibility index (Phi) is 10.1. The number of hydrogen-bond donors (Lipinski definition) is 3. The molecule has 0 radical (unpaired) electrons. The lowest BCUT2D eigenvalue weighted by Crippen LogP contribution is -2.54. The van der Waals surface area contributed by atoms with Crippen LogP contribution >= 0.6 is 24.8 Å². The second-order valence-electron chi connectivity index (χ2n) is 7.53. The molecule has 0 bridgehead atoms. The molecule has 1 fully saturated rings. The number of anilines is 2. The van der Waals surface area contributed by atoms with E-state index in [2.05, 4.69) is 10.6 Å². The van der Waals surface area contributed by atoms with Crippen LogP contribution in [-0.2, 0) is 16.1 Å². The Balaban J connectivity index is 0.00000225. The van der Waals surface area contributed by atoms with Crippen LogP contribution in [0.4, 0.5) is 11.4 Å². The Morgan fingerprint density at radius 3 is 2.47 bits per heavy atom. The fourth-order valence-electron chi connectivity index (χ4n) is 3.53. The maximum Gasteiger partial charge on any atom is 0.244 e. The van der Waals surface area contributed by atoms with Gasteiger partial charge in [-0.25, -0.2) is 0 Å². The average molecular weight is 453 g/mol. The first-order valence-corrected chi connectivity index (χ1v) is 9.70. The number of nitrogens with one attached hydrogen (secondary N) is 2. The number of carbonyl (C=O) groups is 2. The smallest absolute Gasteiger partial charge is 0.244 e. The minimum absolute atomic E-state index is 0. The maximum atomic E-state index is 12.8. The van der Waals surface area contributed by atoms with Crippen LogP contribution in [-0.4, -0.2) is 30.4 Å². The molecule has 0 spiro atoms. The molecule has 4 N–H and O–H groups in total. The Labute approximate surface area is 190 Å². The van der Waals surface area contributed by atoms with Crippen LogP contribution in [0.15, 0.2) is 54.6 Å². The summed E-state index contributed by atoms with van der Waals surface area (Å²) in [6.07, 6.45) is 2.96. The Bertz CT molecular complexity index is 827. The number of amides is 2. The van der Waals surface area contributed by atoms with Gasteiger partial charge in [-0.1, -0.05) is 36.4 Å². The fraction of sp³-hybridized carbons (Fsp3) is 0.364. The number of nitrogens with two attached hydrogens (primary N) is 1. The minimum atomic E-state index is -0.550. The summed E-state index contributed by atoms with van der Waals surface area (Å²) in [6, 6.07) is 17.4. The van der Waals surface area contributed by atoms with Gasteiger partial charge in [0.2, 0.25) is 11.8 Å². The first-order chi connectivity index (χ1) is 13.5. The van der Waals surface area contributed by atoms with Crippen LogP contribution < -0.4 is 21.3 Å². The van der Waals surface area contributed by atoms with Gasteiger partial charge in [-0.05, 0) is 56.5 Å². The number of hydrogen-bond acceptors (Lipinski definition) is 4. The zero-order valence-electron chi connectivity index (χ0n) is 17.1. The summed E-state index contributed by atoms with van der Waals surface area (Å²) in [5.41, 5.74) is 7.53. The van der Waals surface area contributed by atoms with Crippen molar-refractivity contribution in [1.29, 1.82) is 0 Å². The first kappa shape index (κ1) is 25.8. The van der Waals surface area contributed by atoms with Crippen LogP contribution in [0.5, 0.6) is 0 Å². The third-order valence-corrected chi connectivity index (χ3v) is 5.15. The highest BCUT2D eigenvalue weighted by atomic mass is 35.5. The Hall–Kier alpha value is -2.28. The van der Waals surface area contributed by atoms with Crippen LogP contribution in [0.3, 0.4) is 0 Å². The van der Waals surface area contributed by atoms with Crippen LogP contribution in [0.25, 0.3) is 0 Å². The molecule has 6 nitrogen and oxygen atoms in total. The van der Waals surface area contributed by atoms with Crippen molar-refractivity contribution in [3.8, 4) is 0 Å². The molecule has 0 saturated carbocycles. The van der Waals surface area contributed by atoms with Gasteiger partial charge in [-0.15, -0.1) is 24.8 Å². The lowest BCUT2D eigenvalue weighted by atomic mass is 9.90. The highest BCUT2D eigenvalue weighted by molar-refractivity contribution is 5.98. The normalized spacial score (nSPS) is 17.8. The van der Waals surface area contributed by atoms with E-state index >= 15 is 0 Å². The average Bonchev–Trinajstić information content (AvgIpc) is 2.69. The molecular formula is C22H30Cl2N4O2. The fourth-order valence-corrected chi connectivity index (χ4v) is 3.53. The van der Waals surface area contributed by atoms with Crippen LogP contribution in [0.2, 0.25) is 0 Å². The third kappa shape index (κ3) is 6.90. The number of piperidine rings is 1. The van der Waals surface area contributed by atoms with E-state index in [1.165, 1.54) is 0 Å². The number of benzene rings is 2. The Morgan fingerprint density at radius 1 is 1.10 bits per heavy atom. The molecule has 1 aliphatic heterocycles. The molecule has 1 aliphatic rings. The molecular weight excluding hydrogens is 423 g/mol. The van der Waals surface area contributed by atoms with Crippen molar-refractivity contribution in [1.82, 2.24) is 5.32 Å². The van der Waals surface area contributed by atoms with Crippen molar-refractivity contribution >= 4 is 48.0 Å². The molecule has 30 heavy (non-hydrogen) atoms. The molecule has 2 aromatic carbocycles. The summed E-state index contributed by atoms with van der Waals surface area (Å²) in [4.78, 5) is 26.3. The number of rotatable bonds is 7. The Morgan fingerprint density at radius 2 is 1.83 bits per heavy atom. The van der Waals surface area contributed by atoms with Gasteiger partial charge < -0.3 is 21.3 Å². The molecule has 2 aromatic rings. The second kappa shape index (κ2) is 11.8. The standard InChI is InChI=1S/C22H28N4O2.2ClH/c1-22(12-5-6-13-24-22)21(28)25-18-10-7-11-19(14-18)26(16-20(23)27)15-17-8-3-2-4-9-17;;/h2-4,7-11,14,24H,5-6,12-13,15-16H2,1H3,(H2,23,27)(H,25,28);2*1H. The predicted molar refractivity (Wildman–Crippen MR) is 127 cm³/mol. The van der Waals surface area contributed by atoms with E-state index in [0.717, 1.165) is 37.1 Å². The van der Waals surface area contributed by atoms with Gasteiger partial charge in [0.1, 0.15) is 0 Å². The SMILES string of the molecule is CC1(C(=O)Nc2cccc(N(CC(N)=O)Cc3ccccc3)c2)CCCCN1.Cl.Cl. The van der Waals surface area contributed by atoms with E-state index < -0.39 is 11.4 Å². The minimum Gasteiger partial charge on any atom is -0.368 e. The van der Waals surface area contributed by atoms with Crippen molar-refractivity contribution in [2.45, 2.75) is 38.3 Å². The highest BCUT2D eigenvalue weighted by Crippen LogP contribution is 2.24. The van der Waals surface area contributed by atoms with Gasteiger partial charge in [-0.3, -0.25) is 9.59 Å². The van der Waals surface area contributed by atoms with Gasteiger partial charge in [0, 0.05) is 17.9 Å². The van der Waals surface area contributed by atoms with Crippen LogP contribution in [0.1, 0.15) is 31.7 Å². The molecule has 1 saturated heterocycles. The zero-order chi connectivity index (χ0) is 20.0. The van der Waals surface area contributed by atoms with Gasteiger partial charge in [0.05, 0.1) is 12.1 Å². The number of halogens is 2. The molecule has 8 heteroatoms. The van der Waals surface area contributed by atoms with E-state index in [-0.39, 0.29) is 37.3 Å². The largest absolute Gasteiger partial charge is 0.368 e. The third-order valence-electron chi connectivity index (χ3n) is 5.15. The van der Waals surface area contributed by atoms with Crippen molar-refractivity contribution in [2.24, 2.45) is 5.73 Å². The topological polar surface area (TPSA) is 87.5 Å². The number of primary amides is 1. The number of carbonyl (C=O) groups excluding carboxylic acids is 2. The quantitative estimate of drug-likeness (QED) is 0.599. The summed E-state index contributed by atoms with van der Waals surface area (Å²) in [5.74, 6) is -0.432. The van der Waals surface area contributed by atoms with Gasteiger partial charge >= 0.3 is 0 Å². The molecule has 164 valence electrons. The highest BCUT2D eigenvalue weighted by Gasteiger charge is 2.34. The van der Waals surface area contributed by atoms with E-state index in [1.807, 2.05) is 66.4 Å². The van der Waals surface area contributed by atoms with Crippen molar-refractivity contribution in [3.63, 3.8) is 0 Å². The zero-order valence-corrected chi connectivity index (χ0v) is 18.7. The molecule has 1 atom stereocenters. The number of nitrogens with zero attached hydrogens (tertiary/aromatic N) is 1. The van der Waals surface area contributed by atoms with E-state index in [1.54, 1.807) is 0 Å². The monoisotopic (exact) mass is 452 g/mol. The summed E-state index contributed by atoms with van der Waals surface area (Å²) in [7, 11) is 0. The molecule has 1 unspecified atom stereocenters. The summed E-state index contributed by atoms with van der Waals surface area (Å²) in [5, 5.41) is 6.35.